The molecule has 2 N–H and O–H groups in total. The van der Waals surface area contributed by atoms with Crippen molar-refractivity contribution in [2.75, 3.05) is 17.9 Å². The summed E-state index contributed by atoms with van der Waals surface area (Å²) in [6, 6.07) is 15.5. The molecule has 1 heterocycles. The van der Waals surface area contributed by atoms with Gasteiger partial charge in [0.2, 0.25) is 0 Å². The largest absolute Gasteiger partial charge is 0.486 e. The summed E-state index contributed by atoms with van der Waals surface area (Å²) in [5, 5.41) is 2.93. The molecule has 1 aliphatic heterocycles. The third-order valence-corrected chi connectivity index (χ3v) is 7.30. The monoisotopic (exact) mass is 480 g/mol. The van der Waals surface area contributed by atoms with Crippen molar-refractivity contribution in [3.8, 4) is 11.5 Å². The predicted octanol–water partition coefficient (Wildman–Crippen LogP) is 4.67. The number of anilines is 1. The molecule has 3 aromatic carbocycles. The van der Waals surface area contributed by atoms with Crippen molar-refractivity contribution in [2.45, 2.75) is 38.6 Å². The van der Waals surface area contributed by atoms with Gasteiger partial charge >= 0.3 is 0 Å². The number of fused-ring (bicyclic) bond motifs is 1. The van der Waals surface area contributed by atoms with Gasteiger partial charge in [0.1, 0.15) is 13.2 Å². The molecular formula is C26H28N2O5S. The number of aryl methyl sites for hydroxylation is 3. The molecular weight excluding hydrogens is 452 g/mol. The molecule has 1 aliphatic rings. The molecule has 4 rings (SSSR count). The summed E-state index contributed by atoms with van der Waals surface area (Å²) in [4.78, 5) is 13.0. The molecule has 0 aromatic heterocycles. The fourth-order valence-corrected chi connectivity index (χ4v) is 5.16. The molecule has 0 bridgehead atoms. The summed E-state index contributed by atoms with van der Waals surface area (Å²) in [6.07, 6.45) is 0. The summed E-state index contributed by atoms with van der Waals surface area (Å²) in [7, 11) is -3.89. The number of carbonyl (C=O) groups excluding carboxylic acids is 1. The number of amides is 1. The zero-order valence-electron chi connectivity index (χ0n) is 19.6. The molecule has 1 unspecified atom stereocenters. The van der Waals surface area contributed by atoms with Crippen molar-refractivity contribution in [1.82, 2.24) is 5.32 Å². The van der Waals surface area contributed by atoms with E-state index in [4.69, 9.17) is 9.47 Å². The average Bonchev–Trinajstić information content (AvgIpc) is 2.81. The standard InChI is InChI=1S/C26H28N2O5S/c1-16-5-6-17(2)22(13-16)28-34(30,31)25-15-21(8-7-18(25)3)26(29)27-19(4)20-9-10-23-24(14-20)33-12-11-32-23/h5-10,13-15,19,28H,11-12H2,1-4H3,(H,27,29). The fraction of sp³-hybridized carbons (Fsp3) is 0.269. The van der Waals surface area contributed by atoms with Crippen molar-refractivity contribution in [3.63, 3.8) is 0 Å². The Labute approximate surface area is 200 Å². The Hall–Kier alpha value is -3.52. The highest BCUT2D eigenvalue weighted by Gasteiger charge is 2.22. The van der Waals surface area contributed by atoms with E-state index in [9.17, 15) is 13.2 Å². The first-order valence-corrected chi connectivity index (χ1v) is 12.5. The normalized spacial score (nSPS) is 13.8. The molecule has 0 fully saturated rings. The van der Waals surface area contributed by atoms with Gasteiger partial charge in [0.25, 0.3) is 15.9 Å². The Balaban J connectivity index is 1.55. The second kappa shape index (κ2) is 9.38. The van der Waals surface area contributed by atoms with Crippen LogP contribution < -0.4 is 19.5 Å². The van der Waals surface area contributed by atoms with E-state index in [1.54, 1.807) is 25.1 Å². The number of ether oxygens (including phenoxy) is 2. The van der Waals surface area contributed by atoms with Crippen LogP contribution >= 0.6 is 0 Å². The Bertz CT molecular complexity index is 1350. The topological polar surface area (TPSA) is 93.7 Å². The van der Waals surface area contributed by atoms with E-state index in [-0.39, 0.29) is 22.4 Å². The number of benzene rings is 3. The van der Waals surface area contributed by atoms with Gasteiger partial charge in [-0.25, -0.2) is 8.42 Å². The molecule has 0 spiro atoms. The van der Waals surface area contributed by atoms with E-state index in [1.165, 1.54) is 6.07 Å². The molecule has 0 saturated heterocycles. The van der Waals surface area contributed by atoms with Crippen LogP contribution in [0.4, 0.5) is 5.69 Å². The van der Waals surface area contributed by atoms with Gasteiger partial charge in [-0.15, -0.1) is 0 Å². The van der Waals surface area contributed by atoms with Gasteiger partial charge in [-0.1, -0.05) is 24.3 Å². The SMILES string of the molecule is Cc1ccc(C)c(NS(=O)(=O)c2cc(C(=O)NC(C)c3ccc4c(c3)OCCO4)ccc2C)c1. The molecule has 3 aromatic rings. The quantitative estimate of drug-likeness (QED) is 0.535. The van der Waals surface area contributed by atoms with Gasteiger partial charge in [-0.2, -0.15) is 0 Å². The van der Waals surface area contributed by atoms with E-state index >= 15 is 0 Å². The molecule has 34 heavy (non-hydrogen) atoms. The first kappa shape index (κ1) is 23.6. The fourth-order valence-electron chi connectivity index (χ4n) is 3.77. The minimum atomic E-state index is -3.89. The summed E-state index contributed by atoms with van der Waals surface area (Å²) in [5.74, 6) is 0.954. The maximum atomic E-state index is 13.2. The van der Waals surface area contributed by atoms with E-state index in [1.807, 2.05) is 51.1 Å². The number of rotatable bonds is 6. The van der Waals surface area contributed by atoms with Crippen LogP contribution in [0.15, 0.2) is 59.5 Å². The molecule has 178 valence electrons. The first-order valence-electron chi connectivity index (χ1n) is 11.1. The number of hydrogen-bond acceptors (Lipinski definition) is 5. The minimum Gasteiger partial charge on any atom is -0.486 e. The highest BCUT2D eigenvalue weighted by molar-refractivity contribution is 7.92. The lowest BCUT2D eigenvalue weighted by Gasteiger charge is -2.21. The Morgan fingerprint density at radius 1 is 0.882 bits per heavy atom. The van der Waals surface area contributed by atoms with Crippen molar-refractivity contribution in [1.29, 1.82) is 0 Å². The number of hydrogen-bond donors (Lipinski definition) is 2. The van der Waals surface area contributed by atoms with E-state index in [0.29, 0.717) is 36.0 Å². The van der Waals surface area contributed by atoms with E-state index < -0.39 is 10.0 Å². The highest BCUT2D eigenvalue weighted by atomic mass is 32.2. The third-order valence-electron chi connectivity index (χ3n) is 5.79. The second-order valence-electron chi connectivity index (χ2n) is 8.50. The minimum absolute atomic E-state index is 0.0630. The summed E-state index contributed by atoms with van der Waals surface area (Å²) >= 11 is 0. The Morgan fingerprint density at radius 3 is 2.35 bits per heavy atom. The van der Waals surface area contributed by atoms with Crippen LogP contribution in [0.2, 0.25) is 0 Å². The first-order chi connectivity index (χ1) is 16.1. The lowest BCUT2D eigenvalue weighted by molar-refractivity contribution is 0.0939. The molecule has 1 amide bonds. The van der Waals surface area contributed by atoms with Crippen LogP contribution in [-0.2, 0) is 10.0 Å². The van der Waals surface area contributed by atoms with Crippen molar-refractivity contribution >= 4 is 21.6 Å². The van der Waals surface area contributed by atoms with Crippen LogP contribution in [0.5, 0.6) is 11.5 Å². The van der Waals surface area contributed by atoms with E-state index in [0.717, 1.165) is 16.7 Å². The van der Waals surface area contributed by atoms with Gasteiger partial charge in [0.05, 0.1) is 16.6 Å². The zero-order chi connectivity index (χ0) is 24.5. The number of carbonyl (C=O) groups is 1. The van der Waals surface area contributed by atoms with Gasteiger partial charge in [-0.3, -0.25) is 9.52 Å². The summed E-state index contributed by atoms with van der Waals surface area (Å²) in [5.41, 5.74) is 3.94. The lowest BCUT2D eigenvalue weighted by atomic mass is 10.1. The predicted molar refractivity (Wildman–Crippen MR) is 131 cm³/mol. The maximum absolute atomic E-state index is 13.2. The summed E-state index contributed by atoms with van der Waals surface area (Å²) in [6.45, 7) is 8.29. The van der Waals surface area contributed by atoms with Crippen molar-refractivity contribution in [2.24, 2.45) is 0 Å². The number of nitrogens with one attached hydrogen (secondary N) is 2. The van der Waals surface area contributed by atoms with Crippen LogP contribution in [-0.4, -0.2) is 27.5 Å². The van der Waals surface area contributed by atoms with Gasteiger partial charge < -0.3 is 14.8 Å². The van der Waals surface area contributed by atoms with Crippen molar-refractivity contribution < 1.29 is 22.7 Å². The Kier molecular flexibility index (Phi) is 6.52. The average molecular weight is 481 g/mol. The van der Waals surface area contributed by atoms with E-state index in [2.05, 4.69) is 10.0 Å². The highest BCUT2D eigenvalue weighted by Crippen LogP contribution is 2.32. The van der Waals surface area contributed by atoms with Crippen molar-refractivity contribution in [3.05, 3.63) is 82.4 Å². The molecule has 7 nitrogen and oxygen atoms in total. The van der Waals surface area contributed by atoms with Crippen LogP contribution in [0.25, 0.3) is 0 Å². The van der Waals surface area contributed by atoms with Gasteiger partial charge in [-0.05, 0) is 80.3 Å². The van der Waals surface area contributed by atoms with Crippen LogP contribution in [0.3, 0.4) is 0 Å². The number of sulfonamides is 1. The maximum Gasteiger partial charge on any atom is 0.262 e. The third kappa shape index (κ3) is 5.02. The molecule has 0 radical (unpaired) electrons. The molecule has 8 heteroatoms. The second-order valence-corrected chi connectivity index (χ2v) is 10.2. The smallest absolute Gasteiger partial charge is 0.262 e. The van der Waals surface area contributed by atoms with Crippen LogP contribution in [0.1, 0.15) is 45.6 Å². The summed E-state index contributed by atoms with van der Waals surface area (Å²) < 4.78 is 40.2. The van der Waals surface area contributed by atoms with Gasteiger partial charge in [0, 0.05) is 5.56 Å². The molecule has 0 aliphatic carbocycles. The van der Waals surface area contributed by atoms with Crippen LogP contribution in [0, 0.1) is 20.8 Å². The molecule has 0 saturated carbocycles. The molecule has 1 atom stereocenters. The van der Waals surface area contributed by atoms with Gasteiger partial charge in [0.15, 0.2) is 11.5 Å². The zero-order valence-corrected chi connectivity index (χ0v) is 20.5. The Morgan fingerprint density at radius 2 is 1.59 bits per heavy atom. The lowest BCUT2D eigenvalue weighted by Crippen LogP contribution is -2.27.